The van der Waals surface area contributed by atoms with E-state index in [1.807, 2.05) is 0 Å². The smallest absolute Gasteiger partial charge is 0.279 e. The number of nitrogens with one attached hydrogen (secondary N) is 3. The van der Waals surface area contributed by atoms with Crippen molar-refractivity contribution in [1.82, 2.24) is 0 Å². The van der Waals surface area contributed by atoms with Gasteiger partial charge in [-0.15, -0.1) is 0 Å². The Hall–Kier alpha value is -3.04. The molecule has 0 aliphatic rings. The van der Waals surface area contributed by atoms with Gasteiger partial charge in [-0.25, -0.2) is 4.39 Å². The molecule has 1 unspecified atom stereocenters. The molecule has 0 spiro atoms. The third kappa shape index (κ3) is 6.32. The van der Waals surface area contributed by atoms with Crippen LogP contribution in [-0.2, 0) is 9.59 Å². The SMILES string of the molecule is C[NH+](CC(=O)Nc1cccc(F)c1)CC(=O)Nc1ccc([N+](=O)[O-])cc1Cl. The molecule has 27 heavy (non-hydrogen) atoms. The summed E-state index contributed by atoms with van der Waals surface area (Å²) >= 11 is 5.92. The summed E-state index contributed by atoms with van der Waals surface area (Å²) in [6, 6.07) is 9.19. The number of likely N-dealkylation sites (N-methyl/N-ethyl adjacent to an activating group) is 1. The van der Waals surface area contributed by atoms with E-state index in [4.69, 9.17) is 11.6 Å². The molecule has 0 heterocycles. The van der Waals surface area contributed by atoms with Gasteiger partial charge in [0.1, 0.15) is 5.82 Å². The van der Waals surface area contributed by atoms with E-state index in [9.17, 15) is 24.1 Å². The molecule has 0 aliphatic carbocycles. The van der Waals surface area contributed by atoms with Gasteiger partial charge in [0.15, 0.2) is 13.1 Å². The highest BCUT2D eigenvalue weighted by atomic mass is 35.5. The minimum absolute atomic E-state index is 0.0159. The van der Waals surface area contributed by atoms with Crippen molar-refractivity contribution < 1.29 is 23.8 Å². The quantitative estimate of drug-likeness (QED) is 0.487. The standard InChI is InChI=1S/C17H16ClFN4O4/c1-22(9-16(24)20-12-4-2-3-11(19)7-12)10-17(25)21-15-6-5-13(23(26)27)8-14(15)18/h2-8H,9-10H2,1H3,(H,20,24)(H,21,25)/p+1. The zero-order valence-corrected chi connectivity index (χ0v) is 15.0. The minimum Gasteiger partial charge on any atom is -0.322 e. The number of benzene rings is 2. The monoisotopic (exact) mass is 395 g/mol. The fraction of sp³-hybridized carbons (Fsp3) is 0.176. The molecule has 142 valence electrons. The maximum Gasteiger partial charge on any atom is 0.279 e. The van der Waals surface area contributed by atoms with Crippen LogP contribution in [0.4, 0.5) is 21.5 Å². The van der Waals surface area contributed by atoms with Gasteiger partial charge in [-0.05, 0) is 24.3 Å². The van der Waals surface area contributed by atoms with E-state index in [1.54, 1.807) is 13.1 Å². The molecule has 1 atom stereocenters. The zero-order chi connectivity index (χ0) is 20.0. The molecule has 0 aromatic heterocycles. The number of amides is 2. The number of anilines is 2. The van der Waals surface area contributed by atoms with E-state index in [1.165, 1.54) is 30.3 Å². The van der Waals surface area contributed by atoms with Crippen molar-refractivity contribution in [2.75, 3.05) is 30.8 Å². The molecule has 0 radical (unpaired) electrons. The van der Waals surface area contributed by atoms with Crippen molar-refractivity contribution in [2.45, 2.75) is 0 Å². The lowest BCUT2D eigenvalue weighted by Gasteiger charge is -2.14. The number of hydrogen-bond donors (Lipinski definition) is 3. The van der Waals surface area contributed by atoms with Crippen molar-refractivity contribution >= 4 is 40.5 Å². The summed E-state index contributed by atoms with van der Waals surface area (Å²) < 4.78 is 13.1. The van der Waals surface area contributed by atoms with Gasteiger partial charge in [-0.1, -0.05) is 17.7 Å². The highest BCUT2D eigenvalue weighted by Gasteiger charge is 2.16. The summed E-state index contributed by atoms with van der Waals surface area (Å²) in [6.07, 6.45) is 0. The molecule has 0 fully saturated rings. The molecular formula is C17H17ClFN4O4+. The molecule has 2 aromatic carbocycles. The molecule has 2 aromatic rings. The van der Waals surface area contributed by atoms with Crippen LogP contribution in [0.1, 0.15) is 0 Å². The summed E-state index contributed by atoms with van der Waals surface area (Å²) in [5.41, 5.74) is 0.383. The molecule has 0 aliphatic heterocycles. The molecule has 0 saturated carbocycles. The predicted octanol–water partition coefficient (Wildman–Crippen LogP) is 1.48. The van der Waals surface area contributed by atoms with Crippen LogP contribution in [0.15, 0.2) is 42.5 Å². The van der Waals surface area contributed by atoms with Gasteiger partial charge in [-0.3, -0.25) is 19.7 Å². The average molecular weight is 396 g/mol. The molecule has 2 rings (SSSR count). The lowest BCUT2D eigenvalue weighted by atomic mass is 10.3. The maximum absolute atomic E-state index is 13.1. The third-order valence-corrected chi connectivity index (χ3v) is 3.78. The van der Waals surface area contributed by atoms with E-state index in [-0.39, 0.29) is 35.4 Å². The van der Waals surface area contributed by atoms with Crippen LogP contribution in [0, 0.1) is 15.9 Å². The molecule has 10 heteroatoms. The van der Waals surface area contributed by atoms with Gasteiger partial charge >= 0.3 is 0 Å². The Bertz CT molecular complexity index is 878. The second-order valence-electron chi connectivity index (χ2n) is 5.84. The molecule has 2 amide bonds. The molecule has 3 N–H and O–H groups in total. The van der Waals surface area contributed by atoms with Crippen molar-refractivity contribution in [3.8, 4) is 0 Å². The van der Waals surface area contributed by atoms with Crippen LogP contribution in [-0.4, -0.2) is 36.9 Å². The molecule has 0 bridgehead atoms. The Labute approximate surface area is 159 Å². The number of non-ortho nitro benzene ring substituents is 1. The van der Waals surface area contributed by atoms with Crippen LogP contribution in [0.25, 0.3) is 0 Å². The first-order valence-electron chi connectivity index (χ1n) is 7.85. The number of quaternary nitrogens is 1. The predicted molar refractivity (Wildman–Crippen MR) is 98.4 cm³/mol. The van der Waals surface area contributed by atoms with Crippen molar-refractivity contribution in [3.63, 3.8) is 0 Å². The van der Waals surface area contributed by atoms with Crippen LogP contribution in [0.3, 0.4) is 0 Å². The number of hydrogen-bond acceptors (Lipinski definition) is 4. The Morgan fingerprint density at radius 1 is 1.15 bits per heavy atom. The number of nitrogens with zero attached hydrogens (tertiary/aromatic N) is 1. The number of carbonyl (C=O) groups excluding carboxylic acids is 2. The Balaban J connectivity index is 1.86. The van der Waals surface area contributed by atoms with Gasteiger partial charge < -0.3 is 15.5 Å². The highest BCUT2D eigenvalue weighted by molar-refractivity contribution is 6.34. The maximum atomic E-state index is 13.1. The minimum atomic E-state index is -0.591. The largest absolute Gasteiger partial charge is 0.322 e. The Kier molecular flexibility index (Phi) is 6.80. The Morgan fingerprint density at radius 2 is 1.81 bits per heavy atom. The lowest BCUT2D eigenvalue weighted by molar-refractivity contribution is -0.862. The second-order valence-corrected chi connectivity index (χ2v) is 6.25. The van der Waals surface area contributed by atoms with Crippen LogP contribution in [0.2, 0.25) is 5.02 Å². The average Bonchev–Trinajstić information content (AvgIpc) is 2.56. The van der Waals surface area contributed by atoms with Gasteiger partial charge in [0.2, 0.25) is 0 Å². The fourth-order valence-corrected chi connectivity index (χ4v) is 2.52. The zero-order valence-electron chi connectivity index (χ0n) is 14.3. The van der Waals surface area contributed by atoms with Gasteiger partial charge in [-0.2, -0.15) is 0 Å². The number of rotatable bonds is 7. The lowest BCUT2D eigenvalue weighted by Crippen LogP contribution is -3.11. The molecular weight excluding hydrogens is 379 g/mol. The number of carbonyl (C=O) groups is 2. The fourth-order valence-electron chi connectivity index (χ4n) is 2.30. The summed E-state index contributed by atoms with van der Waals surface area (Å²) in [4.78, 5) is 34.7. The van der Waals surface area contributed by atoms with E-state index in [2.05, 4.69) is 10.6 Å². The van der Waals surface area contributed by atoms with Gasteiger partial charge in [0.05, 0.1) is 22.7 Å². The Morgan fingerprint density at radius 3 is 2.41 bits per heavy atom. The first-order chi connectivity index (χ1) is 12.7. The molecule has 0 saturated heterocycles. The van der Waals surface area contributed by atoms with E-state index >= 15 is 0 Å². The second kappa shape index (κ2) is 9.06. The van der Waals surface area contributed by atoms with E-state index in [0.29, 0.717) is 10.6 Å². The van der Waals surface area contributed by atoms with Gasteiger partial charge in [0.25, 0.3) is 17.5 Å². The summed E-state index contributed by atoms with van der Waals surface area (Å²) in [6.45, 7) is -0.0538. The van der Waals surface area contributed by atoms with E-state index < -0.39 is 16.6 Å². The van der Waals surface area contributed by atoms with Crippen molar-refractivity contribution in [2.24, 2.45) is 0 Å². The third-order valence-electron chi connectivity index (χ3n) is 3.47. The number of nitro groups is 1. The van der Waals surface area contributed by atoms with Crippen molar-refractivity contribution in [1.29, 1.82) is 0 Å². The summed E-state index contributed by atoms with van der Waals surface area (Å²) in [7, 11) is 1.64. The summed E-state index contributed by atoms with van der Waals surface area (Å²) in [5.74, 6) is -1.26. The van der Waals surface area contributed by atoms with Crippen molar-refractivity contribution in [3.05, 3.63) is 63.4 Å². The summed E-state index contributed by atoms with van der Waals surface area (Å²) in [5, 5.41) is 15.8. The molecule has 8 nitrogen and oxygen atoms in total. The van der Waals surface area contributed by atoms with Crippen LogP contribution >= 0.6 is 11.6 Å². The topological polar surface area (TPSA) is 106 Å². The van der Waals surface area contributed by atoms with Crippen LogP contribution < -0.4 is 15.5 Å². The number of halogens is 2. The highest BCUT2D eigenvalue weighted by Crippen LogP contribution is 2.26. The van der Waals surface area contributed by atoms with E-state index in [0.717, 1.165) is 6.07 Å². The van der Waals surface area contributed by atoms with Crippen LogP contribution in [0.5, 0.6) is 0 Å². The first kappa shape index (κ1) is 20.3. The number of nitro benzene ring substituents is 1. The van der Waals surface area contributed by atoms with Gasteiger partial charge in [0, 0.05) is 17.8 Å². The normalized spacial score (nSPS) is 11.5. The first-order valence-corrected chi connectivity index (χ1v) is 8.23.